The molecule has 2 N–H and O–H groups in total. The van der Waals surface area contributed by atoms with Gasteiger partial charge >= 0.3 is 0 Å². The first-order valence-electron chi connectivity index (χ1n) is 7.29. The molecule has 1 aliphatic rings. The molecule has 1 saturated carbocycles. The Balaban J connectivity index is 2.06. The summed E-state index contributed by atoms with van der Waals surface area (Å²) in [7, 11) is 0. The zero-order valence-electron chi connectivity index (χ0n) is 12.1. The normalized spacial score (nSPS) is 15.6. The SMILES string of the molecule is CCNC(=NCc1c(CC)noc1CC)NC1CC1. The van der Waals surface area contributed by atoms with Crippen molar-refractivity contribution >= 4 is 5.96 Å². The number of aromatic nitrogens is 1. The van der Waals surface area contributed by atoms with Gasteiger partial charge in [0.15, 0.2) is 5.96 Å². The molecule has 1 heterocycles. The summed E-state index contributed by atoms with van der Waals surface area (Å²) in [4.78, 5) is 4.65. The minimum Gasteiger partial charge on any atom is -0.361 e. The molecule has 1 aliphatic carbocycles. The Bertz CT molecular complexity index is 413. The largest absolute Gasteiger partial charge is 0.361 e. The topological polar surface area (TPSA) is 62.5 Å². The van der Waals surface area contributed by atoms with Crippen molar-refractivity contribution < 1.29 is 4.52 Å². The van der Waals surface area contributed by atoms with Crippen molar-refractivity contribution in [3.8, 4) is 0 Å². The van der Waals surface area contributed by atoms with Crippen LogP contribution in [0.5, 0.6) is 0 Å². The third kappa shape index (κ3) is 3.72. The van der Waals surface area contributed by atoms with Crippen molar-refractivity contribution in [1.29, 1.82) is 0 Å². The zero-order valence-corrected chi connectivity index (χ0v) is 12.1. The molecule has 0 unspecified atom stereocenters. The summed E-state index contributed by atoms with van der Waals surface area (Å²) in [6.45, 7) is 7.78. The van der Waals surface area contributed by atoms with Crippen molar-refractivity contribution in [1.82, 2.24) is 15.8 Å². The molecule has 0 atom stereocenters. The molecule has 1 aromatic rings. The first kappa shape index (κ1) is 13.9. The third-order valence-electron chi connectivity index (χ3n) is 3.26. The lowest BCUT2D eigenvalue weighted by atomic mass is 10.1. The minimum atomic E-state index is 0.608. The predicted molar refractivity (Wildman–Crippen MR) is 76.2 cm³/mol. The Labute approximate surface area is 114 Å². The van der Waals surface area contributed by atoms with E-state index >= 15 is 0 Å². The van der Waals surface area contributed by atoms with E-state index in [1.807, 2.05) is 0 Å². The molecule has 106 valence electrons. The van der Waals surface area contributed by atoms with Gasteiger partial charge in [0.2, 0.25) is 0 Å². The maximum atomic E-state index is 5.36. The highest BCUT2D eigenvalue weighted by molar-refractivity contribution is 5.80. The lowest BCUT2D eigenvalue weighted by molar-refractivity contribution is 0.380. The Hall–Kier alpha value is -1.52. The number of hydrogen-bond donors (Lipinski definition) is 2. The molecule has 0 aliphatic heterocycles. The summed E-state index contributed by atoms with van der Waals surface area (Å²) >= 11 is 0. The van der Waals surface area contributed by atoms with Gasteiger partial charge in [-0.05, 0) is 26.2 Å². The van der Waals surface area contributed by atoms with E-state index < -0.39 is 0 Å². The van der Waals surface area contributed by atoms with Crippen LogP contribution in [-0.2, 0) is 19.4 Å². The molecule has 0 aromatic carbocycles. The Morgan fingerprint density at radius 1 is 1.32 bits per heavy atom. The summed E-state index contributed by atoms with van der Waals surface area (Å²) in [5.41, 5.74) is 2.18. The van der Waals surface area contributed by atoms with E-state index in [-0.39, 0.29) is 0 Å². The Morgan fingerprint density at radius 2 is 2.11 bits per heavy atom. The average molecular weight is 264 g/mol. The van der Waals surface area contributed by atoms with E-state index in [1.165, 1.54) is 12.8 Å². The number of nitrogens with zero attached hydrogens (tertiary/aromatic N) is 2. The summed E-state index contributed by atoms with van der Waals surface area (Å²) in [5.74, 6) is 1.86. The van der Waals surface area contributed by atoms with Gasteiger partial charge in [-0.3, -0.25) is 0 Å². The van der Waals surface area contributed by atoms with Crippen molar-refractivity contribution in [2.75, 3.05) is 6.54 Å². The molecule has 2 rings (SSSR count). The molecule has 0 saturated heterocycles. The first-order chi connectivity index (χ1) is 9.28. The zero-order chi connectivity index (χ0) is 13.7. The van der Waals surface area contributed by atoms with Crippen LogP contribution in [0.1, 0.15) is 50.6 Å². The second-order valence-electron chi connectivity index (χ2n) is 4.85. The summed E-state index contributed by atoms with van der Waals surface area (Å²) < 4.78 is 5.36. The molecule has 0 bridgehead atoms. The van der Waals surface area contributed by atoms with Crippen LogP contribution < -0.4 is 10.6 Å². The number of aliphatic imine (C=N–C) groups is 1. The van der Waals surface area contributed by atoms with Gasteiger partial charge in [-0.25, -0.2) is 4.99 Å². The summed E-state index contributed by atoms with van der Waals surface area (Å²) in [6.07, 6.45) is 4.25. The molecule has 0 spiro atoms. The smallest absolute Gasteiger partial charge is 0.191 e. The van der Waals surface area contributed by atoms with E-state index in [0.29, 0.717) is 12.6 Å². The Morgan fingerprint density at radius 3 is 2.68 bits per heavy atom. The number of aryl methyl sites for hydroxylation is 2. The highest BCUT2D eigenvalue weighted by Crippen LogP contribution is 2.19. The van der Waals surface area contributed by atoms with Gasteiger partial charge < -0.3 is 15.2 Å². The van der Waals surface area contributed by atoms with Crippen LogP contribution in [0.15, 0.2) is 9.52 Å². The standard InChI is InChI=1S/C14H24N4O/c1-4-12-11(13(5-2)19-18-12)9-16-14(15-6-3)17-10-7-8-10/h10H,4-9H2,1-3H3,(H2,15,16,17). The van der Waals surface area contributed by atoms with Gasteiger partial charge in [-0.1, -0.05) is 19.0 Å². The number of nitrogens with one attached hydrogen (secondary N) is 2. The van der Waals surface area contributed by atoms with Gasteiger partial charge in [0.25, 0.3) is 0 Å². The quantitative estimate of drug-likeness (QED) is 0.609. The van der Waals surface area contributed by atoms with E-state index in [4.69, 9.17) is 4.52 Å². The van der Waals surface area contributed by atoms with Crippen LogP contribution in [0.3, 0.4) is 0 Å². The van der Waals surface area contributed by atoms with Crippen LogP contribution in [0, 0.1) is 0 Å². The van der Waals surface area contributed by atoms with Gasteiger partial charge in [-0.15, -0.1) is 0 Å². The van der Waals surface area contributed by atoms with Crippen LogP contribution in [0.4, 0.5) is 0 Å². The molecule has 5 heteroatoms. The number of rotatable bonds is 6. The van der Waals surface area contributed by atoms with Crippen LogP contribution in [0.25, 0.3) is 0 Å². The average Bonchev–Trinajstić information content (AvgIpc) is 3.14. The van der Waals surface area contributed by atoms with Crippen molar-refractivity contribution in [3.05, 3.63) is 17.0 Å². The fourth-order valence-corrected chi connectivity index (χ4v) is 2.02. The highest BCUT2D eigenvalue weighted by atomic mass is 16.5. The van der Waals surface area contributed by atoms with Gasteiger partial charge in [0.1, 0.15) is 5.76 Å². The maximum absolute atomic E-state index is 5.36. The van der Waals surface area contributed by atoms with Gasteiger partial charge in [0.05, 0.1) is 12.2 Å². The van der Waals surface area contributed by atoms with Crippen LogP contribution in [0.2, 0.25) is 0 Å². The molecule has 1 aromatic heterocycles. The Kier molecular flexibility index (Phi) is 4.82. The first-order valence-corrected chi connectivity index (χ1v) is 7.29. The lowest BCUT2D eigenvalue weighted by Gasteiger charge is -2.10. The fraction of sp³-hybridized carbons (Fsp3) is 0.714. The van der Waals surface area contributed by atoms with E-state index in [2.05, 4.69) is 41.6 Å². The van der Waals surface area contributed by atoms with Crippen LogP contribution in [-0.4, -0.2) is 23.7 Å². The second-order valence-corrected chi connectivity index (χ2v) is 4.85. The highest BCUT2D eigenvalue weighted by Gasteiger charge is 2.22. The molecule has 19 heavy (non-hydrogen) atoms. The molecular weight excluding hydrogens is 240 g/mol. The minimum absolute atomic E-state index is 0.608. The summed E-state index contributed by atoms with van der Waals surface area (Å²) in [6, 6.07) is 0.608. The molecular formula is C14H24N4O. The third-order valence-corrected chi connectivity index (χ3v) is 3.26. The molecule has 0 radical (unpaired) electrons. The molecule has 1 fully saturated rings. The monoisotopic (exact) mass is 264 g/mol. The van der Waals surface area contributed by atoms with E-state index in [9.17, 15) is 0 Å². The van der Waals surface area contributed by atoms with Crippen molar-refractivity contribution in [2.24, 2.45) is 4.99 Å². The fourth-order valence-electron chi connectivity index (χ4n) is 2.02. The van der Waals surface area contributed by atoms with Crippen molar-refractivity contribution in [3.63, 3.8) is 0 Å². The van der Waals surface area contributed by atoms with Crippen LogP contribution >= 0.6 is 0 Å². The number of guanidine groups is 1. The van der Waals surface area contributed by atoms with Crippen molar-refractivity contribution in [2.45, 2.75) is 59.0 Å². The van der Waals surface area contributed by atoms with Gasteiger partial charge in [-0.2, -0.15) is 0 Å². The van der Waals surface area contributed by atoms with Gasteiger partial charge in [0, 0.05) is 24.6 Å². The molecule has 0 amide bonds. The molecule has 5 nitrogen and oxygen atoms in total. The second kappa shape index (κ2) is 6.59. The lowest BCUT2D eigenvalue weighted by Crippen LogP contribution is -2.38. The number of hydrogen-bond acceptors (Lipinski definition) is 3. The maximum Gasteiger partial charge on any atom is 0.191 e. The van der Waals surface area contributed by atoms with E-state index in [0.717, 1.165) is 42.4 Å². The predicted octanol–water partition coefficient (Wildman–Crippen LogP) is 2.02. The summed E-state index contributed by atoms with van der Waals surface area (Å²) in [5, 5.41) is 10.8. The van der Waals surface area contributed by atoms with E-state index in [1.54, 1.807) is 0 Å².